The molecule has 5 rings (SSSR count). The van der Waals surface area contributed by atoms with Crippen LogP contribution in [0.3, 0.4) is 0 Å². The molecule has 1 saturated heterocycles. The van der Waals surface area contributed by atoms with Gasteiger partial charge < -0.3 is 14.6 Å². The summed E-state index contributed by atoms with van der Waals surface area (Å²) in [6.45, 7) is 2.07. The predicted octanol–water partition coefficient (Wildman–Crippen LogP) is 5.13. The average Bonchev–Trinajstić information content (AvgIpc) is 3.30. The third-order valence-electron chi connectivity index (χ3n) is 7.75. The van der Waals surface area contributed by atoms with Crippen LogP contribution in [0.1, 0.15) is 79.9 Å². The quantitative estimate of drug-likeness (QED) is 0.452. The van der Waals surface area contributed by atoms with Crippen LogP contribution in [0.2, 0.25) is 0 Å². The molecule has 0 bridgehead atoms. The number of nitrogens with zero attached hydrogens (tertiary/aromatic N) is 2. The number of benzene rings is 1. The number of para-hydroxylation sites is 1. The second-order valence-corrected chi connectivity index (χ2v) is 10.3. The Balaban J connectivity index is 1.09. The average molecular weight is 479 g/mol. The van der Waals surface area contributed by atoms with Crippen LogP contribution in [-0.2, 0) is 28.8 Å². The minimum Gasteiger partial charge on any atom is -0.490 e. The lowest BCUT2D eigenvalue weighted by Gasteiger charge is -2.30. The first-order valence-corrected chi connectivity index (χ1v) is 13.5. The van der Waals surface area contributed by atoms with E-state index < -0.39 is 12.0 Å². The molecule has 1 saturated carbocycles. The number of hydrogen-bond donors (Lipinski definition) is 1. The first-order valence-electron chi connectivity index (χ1n) is 13.5. The summed E-state index contributed by atoms with van der Waals surface area (Å²) in [4.78, 5) is 19.2. The molecule has 0 amide bonds. The summed E-state index contributed by atoms with van der Waals surface area (Å²) in [5, 5.41) is 10.1. The smallest absolute Gasteiger partial charge is 0.325 e. The Kier molecular flexibility index (Phi) is 7.99. The van der Waals surface area contributed by atoms with Gasteiger partial charge in [-0.25, -0.2) is 0 Å². The normalized spacial score (nSPS) is 21.3. The van der Waals surface area contributed by atoms with Crippen molar-refractivity contribution in [2.75, 3.05) is 19.7 Å². The number of carboxylic acid groups (broad SMARTS) is 1. The number of unbranched alkanes of at least 4 members (excludes halogenated alkanes) is 1. The molecule has 0 spiro atoms. The van der Waals surface area contributed by atoms with Gasteiger partial charge in [0.2, 0.25) is 0 Å². The number of hydrogen-bond acceptors (Lipinski definition) is 5. The third kappa shape index (κ3) is 6.04. The molecule has 2 atom stereocenters. The second kappa shape index (κ2) is 11.5. The zero-order valence-electron chi connectivity index (χ0n) is 20.7. The van der Waals surface area contributed by atoms with Crippen LogP contribution >= 0.6 is 0 Å². The first kappa shape index (κ1) is 24.3. The lowest BCUT2D eigenvalue weighted by Crippen LogP contribution is -2.34. The van der Waals surface area contributed by atoms with Gasteiger partial charge in [0.05, 0.1) is 12.2 Å². The van der Waals surface area contributed by atoms with Crippen LogP contribution in [0, 0.1) is 0 Å². The second-order valence-electron chi connectivity index (χ2n) is 10.3. The summed E-state index contributed by atoms with van der Waals surface area (Å²) in [6.07, 6.45) is 12.4. The van der Waals surface area contributed by atoms with E-state index in [2.05, 4.69) is 12.1 Å². The van der Waals surface area contributed by atoms with Gasteiger partial charge in [0.15, 0.2) is 0 Å². The van der Waals surface area contributed by atoms with E-state index in [0.29, 0.717) is 18.9 Å². The van der Waals surface area contributed by atoms with E-state index in [1.165, 1.54) is 42.6 Å². The van der Waals surface area contributed by atoms with E-state index >= 15 is 0 Å². The third-order valence-corrected chi connectivity index (χ3v) is 7.75. The predicted molar refractivity (Wildman–Crippen MR) is 135 cm³/mol. The van der Waals surface area contributed by atoms with Crippen LogP contribution in [0.5, 0.6) is 5.75 Å². The Hall–Kier alpha value is -2.44. The van der Waals surface area contributed by atoms with E-state index in [0.717, 1.165) is 57.1 Å². The van der Waals surface area contributed by atoms with E-state index in [1.54, 1.807) is 0 Å². The number of aryl methyl sites for hydroxylation is 3. The fourth-order valence-electron chi connectivity index (χ4n) is 5.52. The maximum Gasteiger partial charge on any atom is 0.325 e. The number of rotatable bonds is 11. The lowest BCUT2D eigenvalue weighted by molar-refractivity contribution is -0.143. The molecule has 2 aromatic rings. The lowest BCUT2D eigenvalue weighted by atomic mass is 9.95. The zero-order chi connectivity index (χ0) is 24.0. The molecular formula is C29H38N2O4. The topological polar surface area (TPSA) is 71.9 Å². The number of fused-ring (bicyclic) bond motifs is 1. The molecule has 1 aromatic heterocycles. The number of ether oxygens (including phenoxy) is 2. The Morgan fingerprint density at radius 3 is 2.71 bits per heavy atom. The number of carboxylic acids is 1. The molecule has 6 heteroatoms. The highest BCUT2D eigenvalue weighted by atomic mass is 16.5. The fourth-order valence-corrected chi connectivity index (χ4v) is 5.52. The highest BCUT2D eigenvalue weighted by molar-refractivity contribution is 5.76. The van der Waals surface area contributed by atoms with Crippen LogP contribution in [-0.4, -0.2) is 52.9 Å². The largest absolute Gasteiger partial charge is 0.490 e. The molecule has 35 heavy (non-hydrogen) atoms. The number of pyridine rings is 1. The number of aliphatic carboxylic acids is 1. The summed E-state index contributed by atoms with van der Waals surface area (Å²) in [6, 6.07) is 11.4. The molecule has 6 nitrogen and oxygen atoms in total. The van der Waals surface area contributed by atoms with Crippen molar-refractivity contribution in [2.45, 2.75) is 88.9 Å². The Morgan fingerprint density at radius 1 is 1.03 bits per heavy atom. The molecular weight excluding hydrogens is 440 g/mol. The minimum atomic E-state index is -0.826. The van der Waals surface area contributed by atoms with Gasteiger partial charge in [-0.15, -0.1) is 0 Å². The SMILES string of the molecule is O=C(O)[C@@H](c1ccccc1OC1CCC1)N1CC[C@@H](OCCCCc2ccc3c(n2)CCCC3)C1. The summed E-state index contributed by atoms with van der Waals surface area (Å²) in [5.74, 6) is -0.113. The van der Waals surface area contributed by atoms with Crippen molar-refractivity contribution in [1.29, 1.82) is 0 Å². The maximum atomic E-state index is 12.3. The fraction of sp³-hybridized carbons (Fsp3) is 0.586. The van der Waals surface area contributed by atoms with Crippen molar-refractivity contribution in [3.8, 4) is 5.75 Å². The molecule has 0 radical (unpaired) electrons. The molecule has 2 aliphatic carbocycles. The van der Waals surface area contributed by atoms with Crippen molar-refractivity contribution < 1.29 is 19.4 Å². The van der Waals surface area contributed by atoms with Crippen molar-refractivity contribution in [3.63, 3.8) is 0 Å². The minimum absolute atomic E-state index is 0.0819. The van der Waals surface area contributed by atoms with Gasteiger partial charge in [0.25, 0.3) is 0 Å². The highest BCUT2D eigenvalue weighted by Crippen LogP contribution is 2.35. The monoisotopic (exact) mass is 478 g/mol. The molecule has 1 N–H and O–H groups in total. The maximum absolute atomic E-state index is 12.3. The van der Waals surface area contributed by atoms with Gasteiger partial charge in [-0.2, -0.15) is 0 Å². The standard InChI is InChI=1S/C29H38N2O4/c32-29(33)28(25-12-2-4-14-27(25)35-23-10-7-11-23)31-18-17-24(20-31)34-19-6-5-9-22-16-15-21-8-1-3-13-26(21)30-22/h2,4,12,14-16,23-24,28H,1,3,5-11,13,17-20H2,(H,32,33)/t24-,28-/m1/s1. The van der Waals surface area contributed by atoms with E-state index in [9.17, 15) is 9.90 Å². The van der Waals surface area contributed by atoms with Crippen molar-refractivity contribution in [1.82, 2.24) is 9.88 Å². The van der Waals surface area contributed by atoms with Crippen LogP contribution in [0.25, 0.3) is 0 Å². The summed E-state index contributed by atoms with van der Waals surface area (Å²) < 4.78 is 12.3. The van der Waals surface area contributed by atoms with Gasteiger partial charge >= 0.3 is 5.97 Å². The van der Waals surface area contributed by atoms with Gasteiger partial charge in [0.1, 0.15) is 11.8 Å². The molecule has 3 aliphatic rings. The Bertz CT molecular complexity index is 1010. The molecule has 188 valence electrons. The van der Waals surface area contributed by atoms with Crippen molar-refractivity contribution in [2.24, 2.45) is 0 Å². The molecule has 1 aromatic carbocycles. The summed E-state index contributed by atoms with van der Waals surface area (Å²) in [5.41, 5.74) is 4.70. The molecule has 2 fully saturated rings. The van der Waals surface area contributed by atoms with Gasteiger partial charge in [-0.05, 0) is 88.3 Å². The number of likely N-dealkylation sites (tertiary alicyclic amines) is 1. The van der Waals surface area contributed by atoms with Gasteiger partial charge in [0, 0.05) is 36.6 Å². The van der Waals surface area contributed by atoms with Gasteiger partial charge in [-0.1, -0.05) is 24.3 Å². The Labute approximate surface area is 208 Å². The van der Waals surface area contributed by atoms with Gasteiger partial charge in [-0.3, -0.25) is 14.7 Å². The molecule has 1 aliphatic heterocycles. The van der Waals surface area contributed by atoms with Crippen molar-refractivity contribution >= 4 is 5.97 Å². The van der Waals surface area contributed by atoms with E-state index in [-0.39, 0.29) is 12.2 Å². The Morgan fingerprint density at radius 2 is 1.89 bits per heavy atom. The van der Waals surface area contributed by atoms with Crippen molar-refractivity contribution in [3.05, 3.63) is 58.9 Å². The first-order chi connectivity index (χ1) is 17.2. The summed E-state index contributed by atoms with van der Waals surface area (Å²) >= 11 is 0. The highest BCUT2D eigenvalue weighted by Gasteiger charge is 2.36. The number of carbonyl (C=O) groups is 1. The molecule has 2 heterocycles. The molecule has 0 unspecified atom stereocenters. The van der Waals surface area contributed by atoms with E-state index in [4.69, 9.17) is 14.5 Å². The zero-order valence-corrected chi connectivity index (χ0v) is 20.7. The van der Waals surface area contributed by atoms with E-state index in [1.807, 2.05) is 29.2 Å². The van der Waals surface area contributed by atoms with Crippen LogP contribution in [0.4, 0.5) is 0 Å². The summed E-state index contributed by atoms with van der Waals surface area (Å²) in [7, 11) is 0. The van der Waals surface area contributed by atoms with Crippen LogP contribution in [0.15, 0.2) is 36.4 Å². The van der Waals surface area contributed by atoms with Crippen LogP contribution < -0.4 is 4.74 Å². The number of aromatic nitrogens is 1.